The summed E-state index contributed by atoms with van der Waals surface area (Å²) >= 11 is 1.74. The first-order valence-electron chi connectivity index (χ1n) is 11.4. The first-order chi connectivity index (χ1) is 16.1. The highest BCUT2D eigenvalue weighted by Crippen LogP contribution is 2.37. The van der Waals surface area contributed by atoms with Crippen LogP contribution in [0.15, 0.2) is 53.7 Å². The monoisotopic (exact) mass is 467 g/mol. The fraction of sp³-hybridized carbons (Fsp3) is 0.385. The van der Waals surface area contributed by atoms with Crippen molar-refractivity contribution in [2.24, 2.45) is 0 Å². The molecule has 1 amide bonds. The van der Waals surface area contributed by atoms with Crippen LogP contribution in [0.3, 0.4) is 0 Å². The average molecular weight is 468 g/mol. The van der Waals surface area contributed by atoms with Gasteiger partial charge in [-0.25, -0.2) is 4.98 Å². The smallest absolute Gasteiger partial charge is 0.219 e. The van der Waals surface area contributed by atoms with Crippen LogP contribution in [0.1, 0.15) is 33.1 Å². The van der Waals surface area contributed by atoms with E-state index in [2.05, 4.69) is 41.1 Å². The standard InChI is InChI=1S/C26H33N3O3S/c1-5-17-29-25(20-10-14-22(32-4)15-11-20)24(19-8-12-21(31-3)13-9-19)28-26(29)33-18-7-16-27-23(30)6-2/h8-15H,5-7,16-18H2,1-4H3,(H,27,30). The predicted molar refractivity (Wildman–Crippen MR) is 135 cm³/mol. The van der Waals surface area contributed by atoms with Gasteiger partial charge in [0.1, 0.15) is 11.5 Å². The maximum atomic E-state index is 11.5. The molecule has 0 unspecified atom stereocenters. The number of nitrogens with zero attached hydrogens (tertiary/aromatic N) is 2. The van der Waals surface area contributed by atoms with Gasteiger partial charge in [0.2, 0.25) is 5.91 Å². The summed E-state index contributed by atoms with van der Waals surface area (Å²) in [4.78, 5) is 16.6. The van der Waals surface area contributed by atoms with Gasteiger partial charge in [-0.3, -0.25) is 4.79 Å². The third kappa shape index (κ3) is 6.32. The lowest BCUT2D eigenvalue weighted by Gasteiger charge is -2.13. The van der Waals surface area contributed by atoms with E-state index in [4.69, 9.17) is 14.5 Å². The summed E-state index contributed by atoms with van der Waals surface area (Å²) in [7, 11) is 3.35. The van der Waals surface area contributed by atoms with Gasteiger partial charge in [-0.1, -0.05) is 25.6 Å². The molecule has 0 fully saturated rings. The second-order valence-electron chi connectivity index (χ2n) is 7.61. The van der Waals surface area contributed by atoms with Crippen LogP contribution in [0.2, 0.25) is 0 Å². The Bertz CT molecular complexity index is 1030. The van der Waals surface area contributed by atoms with Crippen molar-refractivity contribution in [3.8, 4) is 34.0 Å². The van der Waals surface area contributed by atoms with Crippen LogP contribution in [-0.2, 0) is 11.3 Å². The molecule has 1 aromatic heterocycles. The second-order valence-corrected chi connectivity index (χ2v) is 8.67. The summed E-state index contributed by atoms with van der Waals surface area (Å²) in [5, 5.41) is 3.94. The molecule has 0 saturated carbocycles. The van der Waals surface area contributed by atoms with E-state index in [0.717, 1.165) is 64.3 Å². The van der Waals surface area contributed by atoms with Crippen LogP contribution in [0.25, 0.3) is 22.5 Å². The highest BCUT2D eigenvalue weighted by Gasteiger charge is 2.20. The fourth-order valence-corrected chi connectivity index (χ4v) is 4.52. The Morgan fingerprint density at radius 1 is 0.970 bits per heavy atom. The minimum atomic E-state index is 0.0936. The molecule has 0 radical (unpaired) electrons. The van der Waals surface area contributed by atoms with E-state index in [1.54, 1.807) is 26.0 Å². The number of thioether (sulfide) groups is 1. The lowest BCUT2D eigenvalue weighted by Crippen LogP contribution is -2.23. The topological polar surface area (TPSA) is 65.4 Å². The lowest BCUT2D eigenvalue weighted by atomic mass is 10.0. The van der Waals surface area contributed by atoms with Crippen LogP contribution in [0.4, 0.5) is 0 Å². The quantitative estimate of drug-likeness (QED) is 0.275. The largest absolute Gasteiger partial charge is 0.497 e. The van der Waals surface area contributed by atoms with Gasteiger partial charge in [0.05, 0.1) is 25.6 Å². The number of benzene rings is 2. The molecule has 0 aliphatic carbocycles. The molecule has 0 spiro atoms. The van der Waals surface area contributed by atoms with Crippen molar-refractivity contribution in [1.29, 1.82) is 0 Å². The summed E-state index contributed by atoms with van der Waals surface area (Å²) < 4.78 is 13.0. The maximum Gasteiger partial charge on any atom is 0.219 e. The zero-order valence-corrected chi connectivity index (χ0v) is 20.7. The van der Waals surface area contributed by atoms with Gasteiger partial charge >= 0.3 is 0 Å². The minimum Gasteiger partial charge on any atom is -0.497 e. The third-order valence-corrected chi connectivity index (χ3v) is 6.36. The molecule has 0 atom stereocenters. The Hall–Kier alpha value is -2.93. The van der Waals surface area contributed by atoms with E-state index in [0.29, 0.717) is 13.0 Å². The van der Waals surface area contributed by atoms with Crippen molar-refractivity contribution in [2.75, 3.05) is 26.5 Å². The molecule has 0 saturated heterocycles. The second kappa shape index (κ2) is 12.3. The number of imidazole rings is 1. The molecular weight excluding hydrogens is 434 g/mol. The highest BCUT2D eigenvalue weighted by atomic mass is 32.2. The number of nitrogens with one attached hydrogen (secondary N) is 1. The van der Waals surface area contributed by atoms with Gasteiger partial charge in [0.15, 0.2) is 5.16 Å². The van der Waals surface area contributed by atoms with Crippen molar-refractivity contribution in [3.05, 3.63) is 48.5 Å². The molecule has 0 aliphatic rings. The molecule has 0 aliphatic heterocycles. The van der Waals surface area contributed by atoms with Crippen LogP contribution < -0.4 is 14.8 Å². The van der Waals surface area contributed by atoms with E-state index < -0.39 is 0 Å². The molecule has 176 valence electrons. The first kappa shape index (κ1) is 24.7. The number of carbonyl (C=O) groups excluding carboxylic acids is 1. The van der Waals surface area contributed by atoms with Gasteiger partial charge in [0, 0.05) is 36.4 Å². The number of hydrogen-bond acceptors (Lipinski definition) is 5. The molecule has 7 heteroatoms. The summed E-state index contributed by atoms with van der Waals surface area (Å²) in [5.41, 5.74) is 4.21. The van der Waals surface area contributed by atoms with Gasteiger partial charge in [-0.2, -0.15) is 0 Å². The van der Waals surface area contributed by atoms with Crippen LogP contribution >= 0.6 is 11.8 Å². The van der Waals surface area contributed by atoms with Crippen molar-refractivity contribution < 1.29 is 14.3 Å². The molecule has 2 aromatic carbocycles. The Morgan fingerprint density at radius 3 is 2.12 bits per heavy atom. The van der Waals surface area contributed by atoms with E-state index >= 15 is 0 Å². The maximum absolute atomic E-state index is 11.5. The number of rotatable bonds is 12. The van der Waals surface area contributed by atoms with Crippen LogP contribution in [0.5, 0.6) is 11.5 Å². The molecule has 1 heterocycles. The van der Waals surface area contributed by atoms with Crippen LogP contribution in [-0.4, -0.2) is 42.0 Å². The summed E-state index contributed by atoms with van der Waals surface area (Å²) in [5.74, 6) is 2.63. The Balaban J connectivity index is 1.96. The molecule has 0 bridgehead atoms. The van der Waals surface area contributed by atoms with Gasteiger partial charge < -0.3 is 19.4 Å². The fourth-order valence-electron chi connectivity index (χ4n) is 3.55. The average Bonchev–Trinajstić information content (AvgIpc) is 3.22. The number of methoxy groups -OCH3 is 2. The predicted octanol–water partition coefficient (Wildman–Crippen LogP) is 5.65. The van der Waals surface area contributed by atoms with Crippen molar-refractivity contribution >= 4 is 17.7 Å². The molecule has 33 heavy (non-hydrogen) atoms. The van der Waals surface area contributed by atoms with Crippen LogP contribution in [0, 0.1) is 0 Å². The van der Waals surface area contributed by atoms with Crippen molar-refractivity contribution in [1.82, 2.24) is 14.9 Å². The van der Waals surface area contributed by atoms with Gasteiger partial charge in [0.25, 0.3) is 0 Å². The zero-order valence-electron chi connectivity index (χ0n) is 19.9. The van der Waals surface area contributed by atoms with Gasteiger partial charge in [-0.15, -0.1) is 0 Å². The van der Waals surface area contributed by atoms with Crippen molar-refractivity contribution in [3.63, 3.8) is 0 Å². The first-order valence-corrected chi connectivity index (χ1v) is 12.4. The summed E-state index contributed by atoms with van der Waals surface area (Å²) in [6.45, 7) is 5.61. The number of aromatic nitrogens is 2. The Labute approximate surface area is 200 Å². The Kier molecular flexibility index (Phi) is 9.24. The van der Waals surface area contributed by atoms with E-state index in [1.165, 1.54) is 0 Å². The van der Waals surface area contributed by atoms with Gasteiger partial charge in [-0.05, 0) is 61.4 Å². The SMILES string of the molecule is CCCn1c(SCCCNC(=O)CC)nc(-c2ccc(OC)cc2)c1-c1ccc(OC)cc1. The number of amides is 1. The van der Waals surface area contributed by atoms with E-state index in [9.17, 15) is 4.79 Å². The number of ether oxygens (including phenoxy) is 2. The third-order valence-electron chi connectivity index (χ3n) is 5.30. The normalized spacial score (nSPS) is 10.8. The zero-order chi connectivity index (χ0) is 23.6. The molecule has 1 N–H and O–H groups in total. The molecule has 3 aromatic rings. The summed E-state index contributed by atoms with van der Waals surface area (Å²) in [6, 6.07) is 16.2. The van der Waals surface area contributed by atoms with Crippen molar-refractivity contribution in [2.45, 2.75) is 44.8 Å². The highest BCUT2D eigenvalue weighted by molar-refractivity contribution is 7.99. The molecule has 3 rings (SSSR count). The Morgan fingerprint density at radius 2 is 1.58 bits per heavy atom. The minimum absolute atomic E-state index is 0.0936. The molecular formula is C26H33N3O3S. The van der Waals surface area contributed by atoms with E-state index in [1.807, 2.05) is 31.2 Å². The van der Waals surface area contributed by atoms with E-state index in [-0.39, 0.29) is 5.91 Å². The lowest BCUT2D eigenvalue weighted by molar-refractivity contribution is -0.120. The summed E-state index contributed by atoms with van der Waals surface area (Å²) in [6.07, 6.45) is 2.41. The number of hydrogen-bond donors (Lipinski definition) is 1. The number of carbonyl (C=O) groups is 1. The molecule has 6 nitrogen and oxygen atoms in total.